The third-order valence-electron chi connectivity index (χ3n) is 5.44. The molecule has 1 atom stereocenters. The summed E-state index contributed by atoms with van der Waals surface area (Å²) in [4.78, 5) is 0. The molecule has 1 N–H and O–H groups in total. The average molecular weight is 509 g/mol. The van der Waals surface area contributed by atoms with Crippen molar-refractivity contribution in [3.05, 3.63) is 69.8 Å². The molecule has 1 heterocycles. The van der Waals surface area contributed by atoms with Crippen LogP contribution in [0.3, 0.4) is 0 Å². The number of nitrogens with one attached hydrogen (secondary N) is 1. The van der Waals surface area contributed by atoms with Gasteiger partial charge in [-0.2, -0.15) is 52.7 Å². The van der Waals surface area contributed by atoms with Crippen molar-refractivity contribution in [2.24, 2.45) is 0 Å². The molecule has 34 heavy (non-hydrogen) atoms. The Hall–Kier alpha value is -2.44. The quantitative estimate of drug-likeness (QED) is 0.420. The molecule has 188 valence electrons. The zero-order chi connectivity index (χ0) is 25.7. The van der Waals surface area contributed by atoms with Gasteiger partial charge in [-0.05, 0) is 66.9 Å². The van der Waals surface area contributed by atoms with Crippen molar-refractivity contribution in [3.63, 3.8) is 0 Å². The second-order valence-electron chi connectivity index (χ2n) is 7.86. The van der Waals surface area contributed by atoms with E-state index in [4.69, 9.17) is 0 Å². The molecular weight excluding hydrogens is 494 g/mol. The molecule has 1 nitrogen and oxygen atoms in total. The summed E-state index contributed by atoms with van der Waals surface area (Å²) in [7, 11) is 0. The van der Waals surface area contributed by atoms with Crippen molar-refractivity contribution in [2.45, 2.75) is 49.5 Å². The Labute approximate surface area is 184 Å². The van der Waals surface area contributed by atoms with Crippen molar-refractivity contribution in [2.75, 3.05) is 6.54 Å². The van der Waals surface area contributed by atoms with Crippen molar-refractivity contribution in [1.29, 1.82) is 0 Å². The first-order chi connectivity index (χ1) is 15.4. The fraction of sp³-hybridized carbons (Fsp3) is 0.429. The maximum absolute atomic E-state index is 13.3. The molecule has 2 aromatic carbocycles. The van der Waals surface area contributed by atoms with E-state index >= 15 is 0 Å². The highest BCUT2D eigenvalue weighted by Crippen LogP contribution is 2.43. The lowest BCUT2D eigenvalue weighted by Gasteiger charge is -2.28. The van der Waals surface area contributed by atoms with Gasteiger partial charge in [0.25, 0.3) is 0 Å². The van der Waals surface area contributed by atoms with Crippen LogP contribution in [0.1, 0.15) is 52.1 Å². The second kappa shape index (κ2) is 8.65. The van der Waals surface area contributed by atoms with Gasteiger partial charge in [-0.1, -0.05) is 0 Å². The summed E-state index contributed by atoms with van der Waals surface area (Å²) in [5.41, 5.74) is -8.28. The van der Waals surface area contributed by atoms with E-state index < -0.39 is 70.0 Å². The van der Waals surface area contributed by atoms with Gasteiger partial charge in [0.1, 0.15) is 0 Å². The van der Waals surface area contributed by atoms with Crippen LogP contribution in [0.2, 0.25) is 0 Å². The number of hydrogen-bond acceptors (Lipinski definition) is 1. The summed E-state index contributed by atoms with van der Waals surface area (Å²) < 4.78 is 160. The molecule has 0 aliphatic carbocycles. The molecule has 1 aliphatic heterocycles. The van der Waals surface area contributed by atoms with E-state index in [1.807, 2.05) is 0 Å². The van der Waals surface area contributed by atoms with Crippen LogP contribution in [0.15, 0.2) is 36.4 Å². The summed E-state index contributed by atoms with van der Waals surface area (Å²) >= 11 is 0. The maximum Gasteiger partial charge on any atom is 0.416 e. The van der Waals surface area contributed by atoms with Gasteiger partial charge in [-0.3, -0.25) is 0 Å². The molecule has 0 saturated carbocycles. The first-order valence-corrected chi connectivity index (χ1v) is 9.69. The van der Waals surface area contributed by atoms with Crippen molar-refractivity contribution < 1.29 is 52.7 Å². The van der Waals surface area contributed by atoms with Crippen LogP contribution in [0.4, 0.5) is 52.7 Å². The number of rotatable bonds is 3. The highest BCUT2D eigenvalue weighted by molar-refractivity contribution is 5.45. The topological polar surface area (TPSA) is 12.0 Å². The van der Waals surface area contributed by atoms with E-state index in [1.54, 1.807) is 0 Å². The lowest BCUT2D eigenvalue weighted by Crippen LogP contribution is -2.30. The standard InChI is InChI=1S/C21H15F12N/c22-18(23,24)12-4-10(5-13(8-12)19(25,26)27)17(16-2-1-3-34-16)11-6-14(20(28,29)30)9-15(7-11)21(31,32)33/h4-9,16-17,34H,1-3H2/t16-/m1/s1. The van der Waals surface area contributed by atoms with Gasteiger partial charge in [0.2, 0.25) is 0 Å². The third kappa shape index (κ3) is 5.78. The highest BCUT2D eigenvalue weighted by atomic mass is 19.4. The largest absolute Gasteiger partial charge is 0.416 e. The molecule has 1 fully saturated rings. The van der Waals surface area contributed by atoms with Crippen LogP contribution < -0.4 is 5.32 Å². The van der Waals surface area contributed by atoms with Crippen LogP contribution in [0, 0.1) is 0 Å². The van der Waals surface area contributed by atoms with Gasteiger partial charge in [0.15, 0.2) is 0 Å². The molecule has 0 radical (unpaired) electrons. The summed E-state index contributed by atoms with van der Waals surface area (Å²) in [5.74, 6) is -1.64. The van der Waals surface area contributed by atoms with Crippen molar-refractivity contribution in [3.8, 4) is 0 Å². The molecule has 1 aliphatic rings. The Morgan fingerprint density at radius 1 is 0.559 bits per heavy atom. The first-order valence-electron chi connectivity index (χ1n) is 9.69. The number of benzene rings is 2. The first kappa shape index (κ1) is 26.2. The van der Waals surface area contributed by atoms with Crippen molar-refractivity contribution in [1.82, 2.24) is 5.32 Å². The SMILES string of the molecule is FC(F)(F)c1cc(C(c2cc(C(F)(F)F)cc(C(F)(F)F)c2)[C@H]2CCCN2)cc(C(F)(F)F)c1. The Morgan fingerprint density at radius 2 is 0.882 bits per heavy atom. The second-order valence-corrected chi connectivity index (χ2v) is 7.86. The molecule has 2 aromatic rings. The van der Waals surface area contributed by atoms with Gasteiger partial charge >= 0.3 is 24.7 Å². The lowest BCUT2D eigenvalue weighted by molar-refractivity contribution is -0.144. The minimum atomic E-state index is -5.24. The minimum absolute atomic E-state index is 0.111. The highest BCUT2D eigenvalue weighted by Gasteiger charge is 2.41. The van der Waals surface area contributed by atoms with Crippen LogP contribution in [0.25, 0.3) is 0 Å². The Bertz CT molecular complexity index is 884. The summed E-state index contributed by atoms with van der Waals surface area (Å²) in [6.07, 6.45) is -20.5. The van der Waals surface area contributed by atoms with Crippen LogP contribution in [-0.4, -0.2) is 12.6 Å². The van der Waals surface area contributed by atoms with E-state index in [1.165, 1.54) is 0 Å². The molecule has 0 spiro atoms. The third-order valence-corrected chi connectivity index (χ3v) is 5.44. The number of halogens is 12. The van der Waals surface area contributed by atoms with E-state index in [2.05, 4.69) is 5.32 Å². The normalized spacial score (nSPS) is 18.1. The predicted octanol–water partition coefficient (Wildman–Crippen LogP) is 7.65. The van der Waals surface area contributed by atoms with Crippen molar-refractivity contribution >= 4 is 0 Å². The van der Waals surface area contributed by atoms with Crippen LogP contribution in [0.5, 0.6) is 0 Å². The average Bonchev–Trinajstić information content (AvgIpc) is 3.19. The Balaban J connectivity index is 2.32. The van der Waals surface area contributed by atoms with E-state index in [-0.39, 0.29) is 25.1 Å². The van der Waals surface area contributed by atoms with Gasteiger partial charge in [0, 0.05) is 12.0 Å². The van der Waals surface area contributed by atoms with Gasteiger partial charge in [-0.15, -0.1) is 0 Å². The van der Waals surface area contributed by atoms with Crippen LogP contribution in [-0.2, 0) is 24.7 Å². The minimum Gasteiger partial charge on any atom is -0.313 e. The van der Waals surface area contributed by atoms with E-state index in [9.17, 15) is 52.7 Å². The maximum atomic E-state index is 13.3. The molecule has 0 unspecified atom stereocenters. The monoisotopic (exact) mass is 509 g/mol. The van der Waals surface area contributed by atoms with E-state index in [0.29, 0.717) is 30.7 Å². The fourth-order valence-corrected chi connectivity index (χ4v) is 3.97. The molecule has 1 saturated heterocycles. The summed E-state index contributed by atoms with van der Waals surface area (Å²) in [6, 6.07) is 0.00206. The van der Waals surface area contributed by atoms with E-state index in [0.717, 1.165) is 0 Å². The molecule has 0 amide bonds. The Morgan fingerprint density at radius 3 is 1.12 bits per heavy atom. The molecule has 13 heteroatoms. The zero-order valence-electron chi connectivity index (χ0n) is 16.8. The van der Waals surface area contributed by atoms with Crippen LogP contribution >= 0.6 is 0 Å². The number of hydrogen-bond donors (Lipinski definition) is 1. The lowest BCUT2D eigenvalue weighted by atomic mass is 9.81. The van der Waals surface area contributed by atoms with Gasteiger partial charge in [0.05, 0.1) is 22.3 Å². The molecule has 0 bridgehead atoms. The summed E-state index contributed by atoms with van der Waals surface area (Å²) in [5, 5.41) is 2.76. The Kier molecular flexibility index (Phi) is 6.66. The smallest absolute Gasteiger partial charge is 0.313 e. The van der Waals surface area contributed by atoms with Gasteiger partial charge < -0.3 is 5.32 Å². The molecule has 3 rings (SSSR count). The molecular formula is C21H15F12N. The number of alkyl halides is 12. The fourth-order valence-electron chi connectivity index (χ4n) is 3.97. The van der Waals surface area contributed by atoms with Gasteiger partial charge in [-0.25, -0.2) is 0 Å². The molecule has 0 aromatic heterocycles. The zero-order valence-corrected chi connectivity index (χ0v) is 16.8. The predicted molar refractivity (Wildman–Crippen MR) is 95.8 cm³/mol. The summed E-state index contributed by atoms with van der Waals surface area (Å²) in [6.45, 7) is 0.233.